The fourth-order valence-electron chi connectivity index (χ4n) is 2.14. The number of unbranched alkanes of at least 4 members (excludes halogenated alkanes) is 1. The van der Waals surface area contributed by atoms with E-state index in [0.717, 1.165) is 0 Å². The van der Waals surface area contributed by atoms with E-state index in [-0.39, 0.29) is 24.1 Å². The minimum absolute atomic E-state index is 0.00661. The average molecular weight is 400 g/mol. The second-order valence-electron chi connectivity index (χ2n) is 7.77. The predicted octanol–water partition coefficient (Wildman–Crippen LogP) is 2.47. The van der Waals surface area contributed by atoms with E-state index in [4.69, 9.17) is 25.4 Å². The Morgan fingerprint density at radius 1 is 1.00 bits per heavy atom. The molecule has 1 amide bonds. The Balaban J connectivity index is 3.73. The third-order valence-corrected chi connectivity index (χ3v) is 3.83. The van der Waals surface area contributed by atoms with Crippen LogP contribution in [0.3, 0.4) is 0 Å². The predicted molar refractivity (Wildman–Crippen MR) is 108 cm³/mol. The van der Waals surface area contributed by atoms with Crippen LogP contribution < -0.4 is 5.32 Å². The number of esters is 1. The van der Waals surface area contributed by atoms with Gasteiger partial charge in [0.15, 0.2) is 0 Å². The van der Waals surface area contributed by atoms with Crippen molar-refractivity contribution < 1.29 is 28.5 Å². The zero-order chi connectivity index (χ0) is 21.5. The van der Waals surface area contributed by atoms with E-state index in [0.29, 0.717) is 58.7 Å². The summed E-state index contributed by atoms with van der Waals surface area (Å²) < 4.78 is 22.1. The number of carbonyl (C=O) groups excluding carboxylic acids is 2. The second kappa shape index (κ2) is 14.4. The first-order valence-corrected chi connectivity index (χ1v) is 9.77. The van der Waals surface area contributed by atoms with Crippen LogP contribution in [-0.4, -0.2) is 62.7 Å². The van der Waals surface area contributed by atoms with Crippen LogP contribution in [0.5, 0.6) is 0 Å². The minimum Gasteiger partial charge on any atom is -0.463 e. The molecule has 0 saturated carbocycles. The first-order chi connectivity index (χ1) is 13.1. The molecule has 7 nitrogen and oxygen atoms in total. The topological polar surface area (TPSA) is 83.1 Å². The Bertz CT molecular complexity index is 496. The molecule has 0 bridgehead atoms. The van der Waals surface area contributed by atoms with Crippen molar-refractivity contribution in [2.24, 2.45) is 0 Å². The number of terminal acetylenes is 1. The lowest BCUT2D eigenvalue weighted by atomic mass is 10.1. The van der Waals surface area contributed by atoms with Crippen molar-refractivity contribution in [1.29, 1.82) is 0 Å². The maximum Gasteiger partial charge on any atom is 0.302 e. The standard InChI is InChI=1S/C21H37NO6/c1-7-8-9-10-19(24)22-12-14-25-15-16-28-20(3,4)11-13-27-21(5,6)17-26-18(2)23/h1H,8-17H2,2-6H3,(H,22,24). The van der Waals surface area contributed by atoms with Gasteiger partial charge in [-0.25, -0.2) is 0 Å². The van der Waals surface area contributed by atoms with Crippen molar-refractivity contribution in [3.05, 3.63) is 0 Å². The summed E-state index contributed by atoms with van der Waals surface area (Å²) in [6.45, 7) is 11.7. The van der Waals surface area contributed by atoms with Gasteiger partial charge in [-0.3, -0.25) is 9.59 Å². The first kappa shape index (κ1) is 26.4. The third kappa shape index (κ3) is 16.5. The molecule has 0 rings (SSSR count). The van der Waals surface area contributed by atoms with E-state index in [9.17, 15) is 9.59 Å². The normalized spacial score (nSPS) is 11.7. The van der Waals surface area contributed by atoms with Crippen LogP contribution in [0, 0.1) is 12.3 Å². The number of nitrogens with one attached hydrogen (secondary N) is 1. The van der Waals surface area contributed by atoms with Crippen molar-refractivity contribution >= 4 is 11.9 Å². The van der Waals surface area contributed by atoms with E-state index in [1.807, 2.05) is 27.7 Å². The summed E-state index contributed by atoms with van der Waals surface area (Å²) in [5.41, 5.74) is -0.887. The van der Waals surface area contributed by atoms with Crippen molar-refractivity contribution in [3.8, 4) is 12.3 Å². The van der Waals surface area contributed by atoms with Crippen molar-refractivity contribution in [3.63, 3.8) is 0 Å². The Hall–Kier alpha value is -1.62. The van der Waals surface area contributed by atoms with Crippen LogP contribution in [0.4, 0.5) is 0 Å². The molecule has 0 aliphatic carbocycles. The van der Waals surface area contributed by atoms with Crippen molar-refractivity contribution in [2.75, 3.05) is 39.6 Å². The molecule has 0 aromatic carbocycles. The highest BCUT2D eigenvalue weighted by atomic mass is 16.6. The molecule has 7 heteroatoms. The van der Waals surface area contributed by atoms with Gasteiger partial charge >= 0.3 is 5.97 Å². The van der Waals surface area contributed by atoms with Gasteiger partial charge in [-0.15, -0.1) is 12.3 Å². The molecule has 28 heavy (non-hydrogen) atoms. The number of hydrogen-bond donors (Lipinski definition) is 1. The van der Waals surface area contributed by atoms with Crippen LogP contribution in [-0.2, 0) is 28.5 Å². The van der Waals surface area contributed by atoms with Gasteiger partial charge in [0, 0.05) is 26.3 Å². The fourth-order valence-corrected chi connectivity index (χ4v) is 2.14. The zero-order valence-corrected chi connectivity index (χ0v) is 18.1. The van der Waals surface area contributed by atoms with Crippen LogP contribution >= 0.6 is 0 Å². The number of ether oxygens (including phenoxy) is 4. The van der Waals surface area contributed by atoms with Gasteiger partial charge in [0.25, 0.3) is 0 Å². The van der Waals surface area contributed by atoms with E-state index in [1.54, 1.807) is 0 Å². The van der Waals surface area contributed by atoms with Gasteiger partial charge in [0.2, 0.25) is 5.91 Å². The Morgan fingerprint density at radius 2 is 1.68 bits per heavy atom. The molecular formula is C21H37NO6. The number of amides is 1. The molecule has 0 aromatic rings. The van der Waals surface area contributed by atoms with Gasteiger partial charge in [0.05, 0.1) is 37.6 Å². The van der Waals surface area contributed by atoms with Crippen LogP contribution in [0.1, 0.15) is 60.3 Å². The van der Waals surface area contributed by atoms with Gasteiger partial charge in [-0.05, 0) is 40.5 Å². The molecule has 0 unspecified atom stereocenters. The summed E-state index contributed by atoms with van der Waals surface area (Å²) in [6.07, 6.45) is 7.61. The van der Waals surface area contributed by atoms with E-state index in [2.05, 4.69) is 11.2 Å². The lowest BCUT2D eigenvalue weighted by Gasteiger charge is -2.29. The van der Waals surface area contributed by atoms with Gasteiger partial charge in [-0.2, -0.15) is 0 Å². The van der Waals surface area contributed by atoms with Gasteiger partial charge < -0.3 is 24.3 Å². The molecule has 0 aromatic heterocycles. The van der Waals surface area contributed by atoms with E-state index in [1.165, 1.54) is 6.92 Å². The smallest absolute Gasteiger partial charge is 0.302 e. The zero-order valence-electron chi connectivity index (χ0n) is 18.1. The molecule has 0 spiro atoms. The molecule has 0 fully saturated rings. The lowest BCUT2D eigenvalue weighted by Crippen LogP contribution is -2.35. The van der Waals surface area contributed by atoms with Crippen LogP contribution in [0.15, 0.2) is 0 Å². The quantitative estimate of drug-likeness (QED) is 0.244. The summed E-state index contributed by atoms with van der Waals surface area (Å²) in [6, 6.07) is 0. The van der Waals surface area contributed by atoms with Crippen molar-refractivity contribution in [1.82, 2.24) is 5.32 Å². The highest BCUT2D eigenvalue weighted by Gasteiger charge is 2.23. The monoisotopic (exact) mass is 399 g/mol. The van der Waals surface area contributed by atoms with Crippen molar-refractivity contribution in [2.45, 2.75) is 71.5 Å². The third-order valence-electron chi connectivity index (χ3n) is 3.83. The maximum atomic E-state index is 11.5. The van der Waals surface area contributed by atoms with E-state index >= 15 is 0 Å². The summed E-state index contributed by atoms with van der Waals surface area (Å²) in [4.78, 5) is 22.4. The lowest BCUT2D eigenvalue weighted by molar-refractivity contribution is -0.152. The summed E-state index contributed by atoms with van der Waals surface area (Å²) in [7, 11) is 0. The largest absolute Gasteiger partial charge is 0.463 e. The maximum absolute atomic E-state index is 11.5. The van der Waals surface area contributed by atoms with Gasteiger partial charge in [-0.1, -0.05) is 0 Å². The SMILES string of the molecule is C#CCCCC(=O)NCCOCCOC(C)(C)CCOC(C)(C)COC(C)=O. The molecule has 0 aliphatic rings. The Kier molecular flexibility index (Phi) is 13.6. The van der Waals surface area contributed by atoms with E-state index < -0.39 is 5.60 Å². The van der Waals surface area contributed by atoms with Crippen LogP contribution in [0.25, 0.3) is 0 Å². The minimum atomic E-state index is -0.532. The Labute approximate surface area is 169 Å². The molecule has 1 N–H and O–H groups in total. The highest BCUT2D eigenvalue weighted by Crippen LogP contribution is 2.17. The molecule has 0 atom stereocenters. The molecule has 0 radical (unpaired) electrons. The summed E-state index contributed by atoms with van der Waals surface area (Å²) in [5, 5.41) is 2.79. The summed E-state index contributed by atoms with van der Waals surface area (Å²) >= 11 is 0. The molecule has 0 heterocycles. The average Bonchev–Trinajstić information content (AvgIpc) is 2.59. The fraction of sp³-hybridized carbons (Fsp3) is 0.810. The van der Waals surface area contributed by atoms with Crippen LogP contribution in [0.2, 0.25) is 0 Å². The Morgan fingerprint density at radius 3 is 2.32 bits per heavy atom. The molecule has 0 saturated heterocycles. The highest BCUT2D eigenvalue weighted by molar-refractivity contribution is 5.75. The number of hydrogen-bond acceptors (Lipinski definition) is 6. The molecule has 0 aliphatic heterocycles. The molecule has 162 valence electrons. The number of rotatable bonds is 16. The second-order valence-corrected chi connectivity index (χ2v) is 7.77. The number of carbonyl (C=O) groups is 2. The molecular weight excluding hydrogens is 362 g/mol. The first-order valence-electron chi connectivity index (χ1n) is 9.77. The van der Waals surface area contributed by atoms with Gasteiger partial charge in [0.1, 0.15) is 6.61 Å². The summed E-state index contributed by atoms with van der Waals surface area (Å²) in [5.74, 6) is 2.19.